The number of carbonyl (C=O) groups is 2. The summed E-state index contributed by atoms with van der Waals surface area (Å²) in [5.74, 6) is -0.356. The van der Waals surface area contributed by atoms with E-state index in [-0.39, 0.29) is 23.5 Å². The molecule has 28 heavy (non-hydrogen) atoms. The Labute approximate surface area is 162 Å². The van der Waals surface area contributed by atoms with Crippen molar-refractivity contribution in [3.05, 3.63) is 35.5 Å². The number of urea groups is 1. The van der Waals surface area contributed by atoms with Crippen LogP contribution in [0, 0.1) is 0 Å². The number of rotatable bonds is 3. The van der Waals surface area contributed by atoms with Crippen LogP contribution in [-0.4, -0.2) is 65.4 Å². The fourth-order valence-corrected chi connectivity index (χ4v) is 2.84. The Balaban J connectivity index is 0.00000136. The lowest BCUT2D eigenvalue weighted by Crippen LogP contribution is -2.39. The lowest BCUT2D eigenvalue weighted by atomic mass is 10.1. The Hall–Kier alpha value is -3.17. The highest BCUT2D eigenvalue weighted by atomic mass is 19.1. The molecule has 2 aromatic rings. The standard InChI is InChI=1S/C17H22N6O3.CH3F/c1-2-12-4-6-13(7-5-12)19-17(25)23-9-3-8-22(10-11-23)16(24)14-15(18)21-26-20-14;1-2/h4-7H,2-3,8-11H2,1H3,(H2,18,21)(H,19,25);1H3. The Morgan fingerprint density at radius 2 is 1.75 bits per heavy atom. The van der Waals surface area contributed by atoms with Crippen molar-refractivity contribution < 1.29 is 18.6 Å². The highest BCUT2D eigenvalue weighted by Crippen LogP contribution is 2.14. The topological polar surface area (TPSA) is 118 Å². The average molecular weight is 392 g/mol. The Bertz CT molecular complexity index is 780. The normalized spacial score (nSPS) is 14.0. The van der Waals surface area contributed by atoms with Gasteiger partial charge in [-0.3, -0.25) is 9.18 Å². The minimum atomic E-state index is -0.332. The van der Waals surface area contributed by atoms with E-state index in [0.29, 0.717) is 39.8 Å². The van der Waals surface area contributed by atoms with E-state index in [4.69, 9.17) is 5.73 Å². The molecule has 0 unspecified atom stereocenters. The Kier molecular flexibility index (Phi) is 7.73. The van der Waals surface area contributed by atoms with Crippen LogP contribution in [0.15, 0.2) is 28.9 Å². The summed E-state index contributed by atoms with van der Waals surface area (Å²) >= 11 is 0. The van der Waals surface area contributed by atoms with E-state index < -0.39 is 0 Å². The largest absolute Gasteiger partial charge is 0.379 e. The van der Waals surface area contributed by atoms with Gasteiger partial charge in [0.05, 0.1) is 7.18 Å². The number of amides is 3. The molecular formula is C18H25FN6O3. The number of benzene rings is 1. The van der Waals surface area contributed by atoms with Gasteiger partial charge in [0.15, 0.2) is 0 Å². The summed E-state index contributed by atoms with van der Waals surface area (Å²) in [6.45, 7) is 3.99. The molecule has 1 aliphatic rings. The smallest absolute Gasteiger partial charge is 0.321 e. The van der Waals surface area contributed by atoms with Crippen LogP contribution < -0.4 is 11.1 Å². The predicted molar refractivity (Wildman–Crippen MR) is 103 cm³/mol. The zero-order chi connectivity index (χ0) is 20.5. The molecule has 0 aliphatic carbocycles. The summed E-state index contributed by atoms with van der Waals surface area (Å²) in [5.41, 5.74) is 7.56. The molecule has 3 N–H and O–H groups in total. The van der Waals surface area contributed by atoms with Gasteiger partial charge < -0.3 is 20.9 Å². The van der Waals surface area contributed by atoms with Crippen LogP contribution >= 0.6 is 0 Å². The van der Waals surface area contributed by atoms with Crippen molar-refractivity contribution in [1.82, 2.24) is 20.1 Å². The number of anilines is 2. The van der Waals surface area contributed by atoms with E-state index in [1.165, 1.54) is 5.56 Å². The van der Waals surface area contributed by atoms with Crippen molar-refractivity contribution in [2.45, 2.75) is 19.8 Å². The van der Waals surface area contributed by atoms with E-state index in [9.17, 15) is 14.0 Å². The highest BCUT2D eigenvalue weighted by Gasteiger charge is 2.26. The number of aromatic nitrogens is 2. The van der Waals surface area contributed by atoms with Crippen LogP contribution in [0.1, 0.15) is 29.4 Å². The number of hydrogen-bond acceptors (Lipinski definition) is 6. The molecule has 1 aliphatic heterocycles. The van der Waals surface area contributed by atoms with Crippen LogP contribution in [0.4, 0.5) is 20.7 Å². The summed E-state index contributed by atoms with van der Waals surface area (Å²) < 4.78 is 14.0. The lowest BCUT2D eigenvalue weighted by molar-refractivity contribution is 0.0752. The number of nitrogen functional groups attached to an aromatic ring is 1. The monoisotopic (exact) mass is 392 g/mol. The average Bonchev–Trinajstić information content (AvgIpc) is 3.00. The first-order valence-electron chi connectivity index (χ1n) is 8.98. The van der Waals surface area contributed by atoms with Crippen molar-refractivity contribution in [1.29, 1.82) is 0 Å². The van der Waals surface area contributed by atoms with Crippen LogP contribution in [-0.2, 0) is 6.42 Å². The third kappa shape index (κ3) is 5.18. The maximum atomic E-state index is 12.5. The van der Waals surface area contributed by atoms with E-state index in [1.807, 2.05) is 24.3 Å². The Morgan fingerprint density at radius 1 is 1.11 bits per heavy atom. The molecule has 0 atom stereocenters. The summed E-state index contributed by atoms with van der Waals surface area (Å²) in [6, 6.07) is 7.60. The third-order valence-corrected chi connectivity index (χ3v) is 4.40. The van der Waals surface area contributed by atoms with Gasteiger partial charge in [0.25, 0.3) is 5.91 Å². The molecule has 0 radical (unpaired) electrons. The molecule has 1 aromatic heterocycles. The molecule has 0 saturated carbocycles. The van der Waals surface area contributed by atoms with Crippen LogP contribution in [0.5, 0.6) is 0 Å². The van der Waals surface area contributed by atoms with Gasteiger partial charge in [0.1, 0.15) is 0 Å². The van der Waals surface area contributed by atoms with Gasteiger partial charge in [-0.15, -0.1) is 0 Å². The highest BCUT2D eigenvalue weighted by molar-refractivity contribution is 5.96. The second-order valence-corrected chi connectivity index (χ2v) is 6.11. The number of alkyl halides is 1. The summed E-state index contributed by atoms with van der Waals surface area (Å²) in [5, 5.41) is 9.88. The van der Waals surface area contributed by atoms with Crippen molar-refractivity contribution >= 4 is 23.4 Å². The van der Waals surface area contributed by atoms with Gasteiger partial charge in [-0.05, 0) is 40.9 Å². The van der Waals surface area contributed by atoms with E-state index in [0.717, 1.165) is 12.1 Å². The fraction of sp³-hybridized carbons (Fsp3) is 0.444. The third-order valence-electron chi connectivity index (χ3n) is 4.40. The second kappa shape index (κ2) is 10.2. The molecule has 3 amide bonds. The zero-order valence-corrected chi connectivity index (χ0v) is 16.0. The quantitative estimate of drug-likeness (QED) is 0.827. The molecule has 2 heterocycles. The molecule has 10 heteroatoms. The number of nitrogens with two attached hydrogens (primary N) is 1. The summed E-state index contributed by atoms with van der Waals surface area (Å²) in [6.07, 6.45) is 1.62. The molecule has 3 rings (SSSR count). The molecule has 152 valence electrons. The Morgan fingerprint density at radius 3 is 2.36 bits per heavy atom. The minimum Gasteiger partial charge on any atom is -0.379 e. The number of nitrogens with zero attached hydrogens (tertiary/aromatic N) is 4. The number of halogens is 1. The van der Waals surface area contributed by atoms with Crippen molar-refractivity contribution in [3.8, 4) is 0 Å². The minimum absolute atomic E-state index is 0.0129. The zero-order valence-electron chi connectivity index (χ0n) is 16.0. The first-order valence-corrected chi connectivity index (χ1v) is 8.98. The van der Waals surface area contributed by atoms with E-state index >= 15 is 0 Å². The summed E-state index contributed by atoms with van der Waals surface area (Å²) in [7, 11) is 0.500. The number of nitrogens with one attached hydrogen (secondary N) is 1. The van der Waals surface area contributed by atoms with Gasteiger partial charge in [-0.2, -0.15) is 0 Å². The van der Waals surface area contributed by atoms with Crippen LogP contribution in [0.2, 0.25) is 0 Å². The summed E-state index contributed by atoms with van der Waals surface area (Å²) in [4.78, 5) is 28.2. The van der Waals surface area contributed by atoms with Gasteiger partial charge in [0.2, 0.25) is 11.5 Å². The number of carbonyl (C=O) groups excluding carboxylic acids is 2. The molecule has 0 bridgehead atoms. The predicted octanol–water partition coefficient (Wildman–Crippen LogP) is 2.18. The SMILES string of the molecule is CCc1ccc(NC(=O)N2CCCN(C(=O)c3nonc3N)CC2)cc1.CF. The first kappa shape index (κ1) is 21.1. The fourth-order valence-electron chi connectivity index (χ4n) is 2.84. The van der Waals surface area contributed by atoms with Crippen molar-refractivity contribution in [2.24, 2.45) is 0 Å². The molecular weight excluding hydrogens is 367 g/mol. The van der Waals surface area contributed by atoms with Gasteiger partial charge in [-0.25, -0.2) is 9.42 Å². The van der Waals surface area contributed by atoms with Gasteiger partial charge in [0, 0.05) is 31.9 Å². The van der Waals surface area contributed by atoms with Crippen molar-refractivity contribution in [2.75, 3.05) is 44.4 Å². The molecule has 1 saturated heterocycles. The lowest BCUT2D eigenvalue weighted by Gasteiger charge is -2.22. The number of hydrogen-bond donors (Lipinski definition) is 2. The first-order chi connectivity index (χ1) is 13.6. The number of aryl methyl sites for hydroxylation is 1. The van der Waals surface area contributed by atoms with Gasteiger partial charge >= 0.3 is 6.03 Å². The van der Waals surface area contributed by atoms with E-state index in [2.05, 4.69) is 27.2 Å². The molecule has 0 spiro atoms. The van der Waals surface area contributed by atoms with Crippen molar-refractivity contribution in [3.63, 3.8) is 0 Å². The van der Waals surface area contributed by atoms with E-state index in [1.54, 1.807) is 9.80 Å². The van der Waals surface area contributed by atoms with Crippen LogP contribution in [0.25, 0.3) is 0 Å². The van der Waals surface area contributed by atoms with Crippen LogP contribution in [0.3, 0.4) is 0 Å². The second-order valence-electron chi connectivity index (χ2n) is 6.11. The molecule has 1 aromatic carbocycles. The maximum absolute atomic E-state index is 12.5. The molecule has 1 fully saturated rings. The van der Waals surface area contributed by atoms with Gasteiger partial charge in [-0.1, -0.05) is 19.1 Å². The maximum Gasteiger partial charge on any atom is 0.321 e. The molecule has 9 nitrogen and oxygen atoms in total.